The van der Waals surface area contributed by atoms with Crippen LogP contribution in [0.1, 0.15) is 28.9 Å². The Morgan fingerprint density at radius 3 is 2.83 bits per heavy atom. The molecule has 1 fully saturated rings. The van der Waals surface area contributed by atoms with Gasteiger partial charge in [-0.25, -0.2) is 9.97 Å². The van der Waals surface area contributed by atoms with E-state index in [-0.39, 0.29) is 24.2 Å². The summed E-state index contributed by atoms with van der Waals surface area (Å²) >= 11 is 3.60. The lowest BCUT2D eigenvalue weighted by Crippen LogP contribution is -2.45. The summed E-state index contributed by atoms with van der Waals surface area (Å²) in [7, 11) is 3.90. The molecular formula is C30H32BrN7O2. The van der Waals surface area contributed by atoms with Crippen LogP contribution < -0.4 is 5.32 Å². The van der Waals surface area contributed by atoms with E-state index < -0.39 is 0 Å². The normalized spacial score (nSPS) is 15.7. The lowest BCUT2D eigenvalue weighted by molar-refractivity contribution is -0.114. The number of hydrogen-bond acceptors (Lipinski definition) is 7. The maximum atomic E-state index is 13.2. The number of anilines is 1. The van der Waals surface area contributed by atoms with Crippen molar-refractivity contribution in [1.29, 1.82) is 0 Å². The minimum Gasteiger partial charge on any atom is -0.360 e. The van der Waals surface area contributed by atoms with E-state index in [0.717, 1.165) is 45.0 Å². The Bertz CT molecular complexity index is 1530. The van der Waals surface area contributed by atoms with Crippen LogP contribution in [0.25, 0.3) is 22.2 Å². The molecule has 206 valence electrons. The minimum atomic E-state index is -0.119. The third-order valence-corrected chi connectivity index (χ3v) is 7.41. The molecule has 0 saturated carbocycles. The number of likely N-dealkylation sites (N-methyl/N-ethyl adjacent to an activating group) is 1. The number of likely N-dealkylation sites (tertiary alicyclic amines) is 1. The zero-order chi connectivity index (χ0) is 28.1. The highest BCUT2D eigenvalue weighted by atomic mass is 79.9. The van der Waals surface area contributed by atoms with Crippen LogP contribution in [0.3, 0.4) is 0 Å². The zero-order valence-corrected chi connectivity index (χ0v) is 24.2. The molecule has 0 spiro atoms. The average Bonchev–Trinajstić information content (AvgIpc) is 3.38. The highest BCUT2D eigenvalue weighted by molar-refractivity contribution is 9.10. The second kappa shape index (κ2) is 12.5. The van der Waals surface area contributed by atoms with Crippen LogP contribution >= 0.6 is 15.9 Å². The minimum absolute atomic E-state index is 0.00989. The molecule has 2 N–H and O–H groups in total. The number of nitrogens with zero attached hydrogens (tertiary/aromatic N) is 5. The van der Waals surface area contributed by atoms with Gasteiger partial charge < -0.3 is 20.1 Å². The van der Waals surface area contributed by atoms with Crippen LogP contribution in [0.2, 0.25) is 0 Å². The third-order valence-electron chi connectivity index (χ3n) is 6.83. The number of amides is 1. The molecule has 0 radical (unpaired) electrons. The number of hydrogen-bond donors (Lipinski definition) is 2. The molecule has 5 rings (SSSR count). The zero-order valence-electron chi connectivity index (χ0n) is 22.6. The summed E-state index contributed by atoms with van der Waals surface area (Å²) in [5.74, 6) is 0.414. The number of nitrogens with one attached hydrogen (secondary N) is 2. The van der Waals surface area contributed by atoms with Crippen molar-refractivity contribution in [1.82, 2.24) is 29.7 Å². The molecule has 3 aromatic heterocycles. The van der Waals surface area contributed by atoms with Crippen molar-refractivity contribution in [3.05, 3.63) is 82.9 Å². The number of carbonyl (C=O) groups is 2. The molecule has 0 aliphatic carbocycles. The lowest BCUT2D eigenvalue weighted by atomic mass is 10.0. The van der Waals surface area contributed by atoms with Crippen LogP contribution in [-0.4, -0.2) is 81.2 Å². The monoisotopic (exact) mass is 601 g/mol. The largest absolute Gasteiger partial charge is 0.360 e. The lowest BCUT2D eigenvalue weighted by Gasteiger charge is -2.33. The number of para-hydroxylation sites is 1. The number of piperidine rings is 1. The van der Waals surface area contributed by atoms with Crippen molar-refractivity contribution in [2.45, 2.75) is 25.3 Å². The Labute approximate surface area is 241 Å². The molecule has 1 aliphatic rings. The summed E-state index contributed by atoms with van der Waals surface area (Å²) in [5, 5.41) is 4.52. The second-order valence-corrected chi connectivity index (χ2v) is 11.1. The maximum absolute atomic E-state index is 13.2. The van der Waals surface area contributed by atoms with Gasteiger partial charge in [-0.3, -0.25) is 14.6 Å². The first kappa shape index (κ1) is 27.7. The first-order valence-corrected chi connectivity index (χ1v) is 14.1. The number of aromatic nitrogens is 4. The number of fused-ring (bicyclic) bond motifs is 1. The molecule has 1 aliphatic heterocycles. The predicted molar refractivity (Wildman–Crippen MR) is 160 cm³/mol. The molecule has 1 aromatic carbocycles. The fourth-order valence-corrected chi connectivity index (χ4v) is 5.23. The Morgan fingerprint density at radius 1 is 1.18 bits per heavy atom. The predicted octanol–water partition coefficient (Wildman–Crippen LogP) is 4.73. The first-order valence-electron chi connectivity index (χ1n) is 13.3. The molecule has 1 atom stereocenters. The van der Waals surface area contributed by atoms with Crippen molar-refractivity contribution < 1.29 is 9.59 Å². The van der Waals surface area contributed by atoms with Crippen LogP contribution in [0.5, 0.6) is 0 Å². The number of carbonyl (C=O) groups excluding carboxylic acids is 2. The van der Waals surface area contributed by atoms with E-state index in [9.17, 15) is 9.59 Å². The van der Waals surface area contributed by atoms with E-state index >= 15 is 0 Å². The number of H-pyrrole nitrogens is 1. The maximum Gasteiger partial charge on any atom is 0.272 e. The van der Waals surface area contributed by atoms with Gasteiger partial charge >= 0.3 is 0 Å². The first-order chi connectivity index (χ1) is 19.4. The topological polar surface area (TPSA) is 107 Å². The molecule has 4 aromatic rings. The van der Waals surface area contributed by atoms with Crippen molar-refractivity contribution in [2.75, 3.05) is 39.0 Å². The van der Waals surface area contributed by atoms with E-state index in [1.807, 2.05) is 54.4 Å². The highest BCUT2D eigenvalue weighted by Gasteiger charge is 2.26. The second-order valence-electron chi connectivity index (χ2n) is 10.2. The van der Waals surface area contributed by atoms with E-state index in [0.29, 0.717) is 31.3 Å². The Morgan fingerprint density at radius 2 is 2.02 bits per heavy atom. The number of allylic oxidation sites excluding steroid dienone is 1. The summed E-state index contributed by atoms with van der Waals surface area (Å²) < 4.78 is 0.809. The van der Waals surface area contributed by atoms with Crippen LogP contribution in [-0.2, 0) is 11.2 Å². The molecular weight excluding hydrogens is 570 g/mol. The number of ketones is 1. The van der Waals surface area contributed by atoms with Gasteiger partial charge in [0.05, 0.1) is 10.2 Å². The van der Waals surface area contributed by atoms with Gasteiger partial charge in [0.25, 0.3) is 5.91 Å². The third kappa shape index (κ3) is 6.63. The molecule has 40 heavy (non-hydrogen) atoms. The van der Waals surface area contributed by atoms with Gasteiger partial charge in [0.2, 0.25) is 5.95 Å². The van der Waals surface area contributed by atoms with E-state index in [4.69, 9.17) is 4.98 Å². The van der Waals surface area contributed by atoms with Crippen LogP contribution in [0.4, 0.5) is 5.95 Å². The van der Waals surface area contributed by atoms with Crippen LogP contribution in [0, 0.1) is 0 Å². The average molecular weight is 603 g/mol. The van der Waals surface area contributed by atoms with Gasteiger partial charge in [0, 0.05) is 67.2 Å². The Kier molecular flexibility index (Phi) is 8.66. The van der Waals surface area contributed by atoms with E-state index in [1.54, 1.807) is 30.6 Å². The highest BCUT2D eigenvalue weighted by Crippen LogP contribution is 2.32. The van der Waals surface area contributed by atoms with Gasteiger partial charge in [0.1, 0.15) is 5.69 Å². The summed E-state index contributed by atoms with van der Waals surface area (Å²) in [6.45, 7) is 1.90. The summed E-state index contributed by atoms with van der Waals surface area (Å²) in [4.78, 5) is 46.2. The Hall–Kier alpha value is -3.89. The number of benzene rings is 1. The molecule has 9 nitrogen and oxygen atoms in total. The quantitative estimate of drug-likeness (QED) is 0.267. The van der Waals surface area contributed by atoms with Gasteiger partial charge in [-0.2, -0.15) is 0 Å². The smallest absolute Gasteiger partial charge is 0.272 e. The molecule has 1 saturated heterocycles. The summed E-state index contributed by atoms with van der Waals surface area (Å²) in [6, 6.07) is 11.6. The fourth-order valence-electron chi connectivity index (χ4n) is 4.83. The molecule has 10 heteroatoms. The number of rotatable bonds is 9. The molecule has 1 amide bonds. The van der Waals surface area contributed by atoms with E-state index in [1.165, 1.54) is 0 Å². The van der Waals surface area contributed by atoms with Gasteiger partial charge in [-0.05, 0) is 66.6 Å². The summed E-state index contributed by atoms with van der Waals surface area (Å²) in [5.41, 5.74) is 4.00. The van der Waals surface area contributed by atoms with Crippen molar-refractivity contribution in [3.63, 3.8) is 0 Å². The summed E-state index contributed by atoms with van der Waals surface area (Å²) in [6.07, 6.45) is 10.8. The van der Waals surface area contributed by atoms with Crippen molar-refractivity contribution >= 4 is 44.5 Å². The fraction of sp³-hybridized carbons (Fsp3) is 0.300. The van der Waals surface area contributed by atoms with Gasteiger partial charge in [-0.15, -0.1) is 0 Å². The van der Waals surface area contributed by atoms with Gasteiger partial charge in [0.15, 0.2) is 5.78 Å². The number of aromatic amines is 1. The SMILES string of the molecule is CN(C)C/C=C/C(=O)Cc1ccc(C(=O)N2CCCC(Nc3ncc(Br)c(-c4c[nH]c5ccccc45)n3)C2)nc1. The molecule has 1 unspecified atom stereocenters. The van der Waals surface area contributed by atoms with Crippen molar-refractivity contribution in [2.24, 2.45) is 0 Å². The number of halogens is 1. The molecule has 0 bridgehead atoms. The Balaban J connectivity index is 1.22. The van der Waals surface area contributed by atoms with Crippen molar-refractivity contribution in [3.8, 4) is 11.3 Å². The van der Waals surface area contributed by atoms with E-state index in [2.05, 4.69) is 42.3 Å². The standard InChI is InChI=1S/C30H32BrN7O2/c1-37(2)13-6-8-22(39)15-20-11-12-27(32-16-20)29(40)38-14-5-7-21(19-38)35-30-34-18-25(31)28(36-30)24-17-33-26-10-4-3-9-23(24)26/h3-4,6,8-12,16-18,21,33H,5,7,13-15,19H2,1-2H3,(H,34,35,36)/b8-6+. The number of pyridine rings is 1. The molecule has 4 heterocycles. The van der Waals surface area contributed by atoms with Crippen LogP contribution in [0.15, 0.2) is 71.6 Å². The van der Waals surface area contributed by atoms with Gasteiger partial charge in [-0.1, -0.05) is 30.3 Å².